The second-order valence-electron chi connectivity index (χ2n) is 5.18. The standard InChI is InChI=1S/C16H17N3O3/c20-16(21)13-7-4-8-19(13)14-9-15(18-11-17-14)22-10-12-5-2-1-3-6-12/h1-3,5-6,9,11,13H,4,7-8,10H2,(H,20,21)/t13-/m0/s1. The average Bonchev–Trinajstić information content (AvgIpc) is 3.04. The molecular weight excluding hydrogens is 282 g/mol. The Hall–Kier alpha value is -2.63. The van der Waals surface area contributed by atoms with E-state index in [-0.39, 0.29) is 0 Å². The smallest absolute Gasteiger partial charge is 0.326 e. The number of carbonyl (C=O) groups is 1. The van der Waals surface area contributed by atoms with Gasteiger partial charge in [-0.2, -0.15) is 0 Å². The van der Waals surface area contributed by atoms with Crippen molar-refractivity contribution in [2.75, 3.05) is 11.4 Å². The van der Waals surface area contributed by atoms with Crippen LogP contribution >= 0.6 is 0 Å². The van der Waals surface area contributed by atoms with Gasteiger partial charge in [0.25, 0.3) is 0 Å². The first kappa shape index (κ1) is 14.3. The Bertz CT molecular complexity index is 648. The lowest BCUT2D eigenvalue weighted by Crippen LogP contribution is -2.36. The zero-order valence-corrected chi connectivity index (χ0v) is 12.1. The second-order valence-corrected chi connectivity index (χ2v) is 5.18. The molecule has 114 valence electrons. The van der Waals surface area contributed by atoms with Crippen molar-refractivity contribution in [1.82, 2.24) is 9.97 Å². The summed E-state index contributed by atoms with van der Waals surface area (Å²) in [6.45, 7) is 1.10. The molecule has 1 aromatic heterocycles. The maximum atomic E-state index is 11.3. The lowest BCUT2D eigenvalue weighted by molar-refractivity contribution is -0.138. The topological polar surface area (TPSA) is 75.5 Å². The van der Waals surface area contributed by atoms with E-state index in [2.05, 4.69) is 9.97 Å². The van der Waals surface area contributed by atoms with Crippen molar-refractivity contribution in [2.45, 2.75) is 25.5 Å². The van der Waals surface area contributed by atoms with Crippen molar-refractivity contribution >= 4 is 11.8 Å². The van der Waals surface area contributed by atoms with E-state index in [4.69, 9.17) is 4.74 Å². The van der Waals surface area contributed by atoms with Crippen LogP contribution in [0, 0.1) is 0 Å². The third-order valence-corrected chi connectivity index (χ3v) is 3.69. The quantitative estimate of drug-likeness (QED) is 0.911. The summed E-state index contributed by atoms with van der Waals surface area (Å²) in [4.78, 5) is 21.3. The Balaban J connectivity index is 1.71. The largest absolute Gasteiger partial charge is 0.480 e. The number of ether oxygens (including phenoxy) is 1. The highest BCUT2D eigenvalue weighted by Crippen LogP contribution is 2.25. The highest BCUT2D eigenvalue weighted by atomic mass is 16.5. The van der Waals surface area contributed by atoms with Crippen LogP contribution in [-0.2, 0) is 11.4 Å². The number of aromatic nitrogens is 2. The molecule has 6 nitrogen and oxygen atoms in total. The minimum atomic E-state index is -0.817. The molecule has 0 spiro atoms. The molecule has 2 aromatic rings. The van der Waals surface area contributed by atoms with Crippen LogP contribution in [0.15, 0.2) is 42.7 Å². The third-order valence-electron chi connectivity index (χ3n) is 3.69. The average molecular weight is 299 g/mol. The number of carboxylic acids is 1. The molecular formula is C16H17N3O3. The van der Waals surface area contributed by atoms with E-state index in [0.29, 0.717) is 31.3 Å². The third kappa shape index (κ3) is 3.16. The number of anilines is 1. The van der Waals surface area contributed by atoms with Crippen LogP contribution in [0.4, 0.5) is 5.82 Å². The molecule has 1 fully saturated rings. The Morgan fingerprint density at radius 1 is 1.32 bits per heavy atom. The Kier molecular flexibility index (Phi) is 4.18. The molecule has 6 heteroatoms. The molecule has 0 bridgehead atoms. The number of hydrogen-bond acceptors (Lipinski definition) is 5. The fourth-order valence-electron chi connectivity index (χ4n) is 2.60. The summed E-state index contributed by atoms with van der Waals surface area (Å²) in [6, 6.07) is 11.0. The lowest BCUT2D eigenvalue weighted by Gasteiger charge is -2.22. The fourth-order valence-corrected chi connectivity index (χ4v) is 2.60. The first-order chi connectivity index (χ1) is 10.7. The predicted octanol–water partition coefficient (Wildman–Crippen LogP) is 2.11. The summed E-state index contributed by atoms with van der Waals surface area (Å²) < 4.78 is 5.66. The molecule has 22 heavy (non-hydrogen) atoms. The molecule has 0 amide bonds. The highest BCUT2D eigenvalue weighted by molar-refractivity contribution is 5.78. The molecule has 1 N–H and O–H groups in total. The molecule has 1 aliphatic rings. The van der Waals surface area contributed by atoms with E-state index >= 15 is 0 Å². The van der Waals surface area contributed by atoms with Gasteiger partial charge in [0.1, 0.15) is 24.8 Å². The molecule has 0 radical (unpaired) electrons. The predicted molar refractivity (Wildman–Crippen MR) is 80.8 cm³/mol. The number of aliphatic carboxylic acids is 1. The second kappa shape index (κ2) is 6.43. The first-order valence-electron chi connectivity index (χ1n) is 7.22. The van der Waals surface area contributed by atoms with E-state index < -0.39 is 12.0 Å². The number of hydrogen-bond donors (Lipinski definition) is 1. The minimum Gasteiger partial charge on any atom is -0.480 e. The Labute approximate surface area is 128 Å². The summed E-state index contributed by atoms with van der Waals surface area (Å²) >= 11 is 0. The number of carboxylic acid groups (broad SMARTS) is 1. The van der Waals surface area contributed by atoms with Crippen LogP contribution in [0.5, 0.6) is 5.88 Å². The lowest BCUT2D eigenvalue weighted by atomic mass is 10.2. The van der Waals surface area contributed by atoms with Crippen LogP contribution in [0.1, 0.15) is 18.4 Å². The van der Waals surface area contributed by atoms with Crippen molar-refractivity contribution in [1.29, 1.82) is 0 Å². The number of nitrogens with zero attached hydrogens (tertiary/aromatic N) is 3. The van der Waals surface area contributed by atoms with Crippen LogP contribution in [0.2, 0.25) is 0 Å². The van der Waals surface area contributed by atoms with Crippen molar-refractivity contribution in [3.63, 3.8) is 0 Å². The van der Waals surface area contributed by atoms with Gasteiger partial charge in [-0.1, -0.05) is 30.3 Å². The summed E-state index contributed by atoms with van der Waals surface area (Å²) in [6.07, 6.45) is 2.90. The van der Waals surface area contributed by atoms with E-state index in [1.54, 1.807) is 11.0 Å². The Morgan fingerprint density at radius 2 is 2.14 bits per heavy atom. The zero-order valence-electron chi connectivity index (χ0n) is 12.1. The monoisotopic (exact) mass is 299 g/mol. The van der Waals surface area contributed by atoms with E-state index in [1.807, 2.05) is 30.3 Å². The van der Waals surface area contributed by atoms with Gasteiger partial charge in [-0.25, -0.2) is 14.8 Å². The molecule has 0 saturated carbocycles. The van der Waals surface area contributed by atoms with Gasteiger partial charge in [0.2, 0.25) is 5.88 Å². The highest BCUT2D eigenvalue weighted by Gasteiger charge is 2.31. The van der Waals surface area contributed by atoms with Gasteiger partial charge >= 0.3 is 5.97 Å². The van der Waals surface area contributed by atoms with Crippen LogP contribution in [0.25, 0.3) is 0 Å². The van der Waals surface area contributed by atoms with Crippen molar-refractivity contribution in [3.05, 3.63) is 48.3 Å². The van der Waals surface area contributed by atoms with Gasteiger partial charge in [-0.15, -0.1) is 0 Å². The van der Waals surface area contributed by atoms with Gasteiger partial charge < -0.3 is 14.7 Å². The van der Waals surface area contributed by atoms with Crippen LogP contribution in [-0.4, -0.2) is 33.6 Å². The molecule has 0 aliphatic carbocycles. The molecule has 0 unspecified atom stereocenters. The van der Waals surface area contributed by atoms with Crippen molar-refractivity contribution in [2.24, 2.45) is 0 Å². The van der Waals surface area contributed by atoms with E-state index in [9.17, 15) is 9.90 Å². The number of benzene rings is 1. The van der Waals surface area contributed by atoms with Gasteiger partial charge in [-0.3, -0.25) is 0 Å². The van der Waals surface area contributed by atoms with Gasteiger partial charge in [-0.05, 0) is 18.4 Å². The summed E-state index contributed by atoms with van der Waals surface area (Å²) in [5, 5.41) is 9.25. The van der Waals surface area contributed by atoms with Crippen molar-refractivity contribution < 1.29 is 14.6 Å². The van der Waals surface area contributed by atoms with Crippen molar-refractivity contribution in [3.8, 4) is 5.88 Å². The van der Waals surface area contributed by atoms with Crippen LogP contribution in [0.3, 0.4) is 0 Å². The van der Waals surface area contributed by atoms with E-state index in [1.165, 1.54) is 6.33 Å². The SMILES string of the molecule is O=C(O)[C@@H]1CCCN1c1cc(OCc2ccccc2)ncn1. The Morgan fingerprint density at radius 3 is 2.91 bits per heavy atom. The maximum absolute atomic E-state index is 11.3. The summed E-state index contributed by atoms with van der Waals surface area (Å²) in [5.74, 6) is 0.232. The molecule has 2 heterocycles. The number of rotatable bonds is 5. The molecule has 1 aliphatic heterocycles. The van der Waals surface area contributed by atoms with Gasteiger partial charge in [0.15, 0.2) is 0 Å². The molecule has 1 atom stereocenters. The first-order valence-corrected chi connectivity index (χ1v) is 7.22. The molecule has 1 aromatic carbocycles. The maximum Gasteiger partial charge on any atom is 0.326 e. The van der Waals surface area contributed by atoms with Gasteiger partial charge in [0, 0.05) is 12.6 Å². The minimum absolute atomic E-state index is 0.416. The van der Waals surface area contributed by atoms with Crippen LogP contribution < -0.4 is 9.64 Å². The molecule has 1 saturated heterocycles. The van der Waals surface area contributed by atoms with Gasteiger partial charge in [0.05, 0.1) is 0 Å². The zero-order chi connectivity index (χ0) is 15.4. The summed E-state index contributed by atoms with van der Waals surface area (Å²) in [5.41, 5.74) is 1.05. The van der Waals surface area contributed by atoms with E-state index in [0.717, 1.165) is 12.0 Å². The molecule has 3 rings (SSSR count). The normalized spacial score (nSPS) is 17.5. The fraction of sp³-hybridized carbons (Fsp3) is 0.312. The summed E-state index contributed by atoms with van der Waals surface area (Å²) in [7, 11) is 0.